The first-order valence-corrected chi connectivity index (χ1v) is 10.7. The number of carbonyl (C=O) groups excluding carboxylic acids is 2. The van der Waals surface area contributed by atoms with Crippen molar-refractivity contribution in [2.24, 2.45) is 0 Å². The molecule has 2 amide bonds. The van der Waals surface area contributed by atoms with E-state index in [0.717, 1.165) is 22.3 Å². The molecule has 4 rings (SSSR count). The van der Waals surface area contributed by atoms with Gasteiger partial charge in [0.1, 0.15) is 12.3 Å². The van der Waals surface area contributed by atoms with Crippen molar-refractivity contribution < 1.29 is 29.3 Å². The third-order valence-corrected chi connectivity index (χ3v) is 5.49. The van der Waals surface area contributed by atoms with Gasteiger partial charge < -0.3 is 20.3 Å². The van der Waals surface area contributed by atoms with Crippen molar-refractivity contribution in [3.05, 3.63) is 83.7 Å². The molecule has 1 heterocycles. The summed E-state index contributed by atoms with van der Waals surface area (Å²) in [6, 6.07) is 19.0. The van der Waals surface area contributed by atoms with Gasteiger partial charge in [-0.05, 0) is 34.4 Å². The number of carbonyl (C=O) groups is 3. The topological polar surface area (TPSA) is 138 Å². The zero-order valence-corrected chi connectivity index (χ0v) is 18.1. The Morgan fingerprint density at radius 2 is 1.62 bits per heavy atom. The molecule has 1 atom stereocenters. The van der Waals surface area contributed by atoms with Gasteiger partial charge in [0.05, 0.1) is 24.4 Å². The molecule has 0 bridgehead atoms. The molecule has 0 aliphatic heterocycles. The van der Waals surface area contributed by atoms with Crippen molar-refractivity contribution in [3.63, 3.8) is 0 Å². The molecule has 0 spiro atoms. The van der Waals surface area contributed by atoms with Crippen LogP contribution in [0.25, 0.3) is 11.1 Å². The number of rotatable bonds is 8. The molecule has 9 nitrogen and oxygen atoms in total. The highest BCUT2D eigenvalue weighted by molar-refractivity contribution is 5.93. The number of hydrogen-bond acceptors (Lipinski definition) is 6. The van der Waals surface area contributed by atoms with E-state index in [1.54, 1.807) is 0 Å². The number of aliphatic carboxylic acids is 1. The molecule has 1 aromatic heterocycles. The Balaban J connectivity index is 1.31. The Labute approximate surface area is 195 Å². The average Bonchev–Trinajstić information content (AvgIpc) is 3.15. The SMILES string of the molecule is O=C(O)CC(O)CNC(=O)c1ccc(NC(=O)OCC2c3ccccc3-c3ccccc32)cn1. The van der Waals surface area contributed by atoms with Gasteiger partial charge in [0.15, 0.2) is 0 Å². The molecule has 4 N–H and O–H groups in total. The fraction of sp³-hybridized carbons (Fsp3) is 0.200. The summed E-state index contributed by atoms with van der Waals surface area (Å²) >= 11 is 0. The van der Waals surface area contributed by atoms with E-state index in [4.69, 9.17) is 9.84 Å². The predicted octanol–water partition coefficient (Wildman–Crippen LogP) is 3.01. The Kier molecular flexibility index (Phi) is 6.84. The van der Waals surface area contributed by atoms with Gasteiger partial charge in [0.2, 0.25) is 0 Å². The van der Waals surface area contributed by atoms with Gasteiger partial charge in [-0.1, -0.05) is 48.5 Å². The van der Waals surface area contributed by atoms with Crippen LogP contribution in [-0.2, 0) is 9.53 Å². The number of ether oxygens (including phenoxy) is 1. The second-order valence-electron chi connectivity index (χ2n) is 7.84. The number of carboxylic acid groups (broad SMARTS) is 1. The van der Waals surface area contributed by atoms with E-state index >= 15 is 0 Å². The fourth-order valence-electron chi connectivity index (χ4n) is 3.93. The summed E-state index contributed by atoms with van der Waals surface area (Å²) in [5.74, 6) is -1.79. The number of aliphatic hydroxyl groups excluding tert-OH is 1. The van der Waals surface area contributed by atoms with Crippen molar-refractivity contribution in [2.75, 3.05) is 18.5 Å². The van der Waals surface area contributed by atoms with Crippen LogP contribution in [0.1, 0.15) is 34.0 Å². The van der Waals surface area contributed by atoms with Crippen LogP contribution in [0.5, 0.6) is 0 Å². The van der Waals surface area contributed by atoms with Gasteiger partial charge in [-0.25, -0.2) is 9.78 Å². The van der Waals surface area contributed by atoms with Gasteiger partial charge in [0.25, 0.3) is 5.91 Å². The first kappa shape index (κ1) is 22.9. The van der Waals surface area contributed by atoms with Gasteiger partial charge in [0, 0.05) is 12.5 Å². The quantitative estimate of drug-likeness (QED) is 0.405. The largest absolute Gasteiger partial charge is 0.481 e. The molecular formula is C25H23N3O6. The summed E-state index contributed by atoms with van der Waals surface area (Å²) < 4.78 is 5.49. The van der Waals surface area contributed by atoms with Crippen molar-refractivity contribution in [3.8, 4) is 11.1 Å². The third-order valence-electron chi connectivity index (χ3n) is 5.49. The lowest BCUT2D eigenvalue weighted by atomic mass is 9.98. The smallest absolute Gasteiger partial charge is 0.411 e. The highest BCUT2D eigenvalue weighted by atomic mass is 16.5. The zero-order chi connectivity index (χ0) is 24.1. The lowest BCUT2D eigenvalue weighted by molar-refractivity contribution is -0.139. The molecule has 1 aliphatic rings. The maximum absolute atomic E-state index is 12.4. The number of hydrogen-bond donors (Lipinski definition) is 4. The number of aliphatic hydroxyl groups is 1. The Morgan fingerprint density at radius 3 is 2.21 bits per heavy atom. The lowest BCUT2D eigenvalue weighted by Gasteiger charge is -2.14. The normalized spacial score (nSPS) is 12.9. The van der Waals surface area contributed by atoms with Gasteiger partial charge >= 0.3 is 12.1 Å². The molecule has 0 fully saturated rings. The van der Waals surface area contributed by atoms with E-state index in [9.17, 15) is 19.5 Å². The fourth-order valence-corrected chi connectivity index (χ4v) is 3.93. The van der Waals surface area contributed by atoms with Crippen LogP contribution in [0.2, 0.25) is 0 Å². The summed E-state index contributed by atoms with van der Waals surface area (Å²) in [4.78, 5) is 39.0. The Morgan fingerprint density at radius 1 is 0.971 bits per heavy atom. The molecular weight excluding hydrogens is 438 g/mol. The van der Waals surface area contributed by atoms with E-state index in [1.165, 1.54) is 18.3 Å². The number of fused-ring (bicyclic) bond motifs is 3. The zero-order valence-electron chi connectivity index (χ0n) is 18.1. The minimum absolute atomic E-state index is 0.0561. The minimum Gasteiger partial charge on any atom is -0.481 e. The molecule has 3 aromatic rings. The number of amides is 2. The summed E-state index contributed by atoms with van der Waals surface area (Å²) in [6.07, 6.45) is -1.01. The van der Waals surface area contributed by atoms with Crippen LogP contribution in [0, 0.1) is 0 Å². The number of pyridine rings is 1. The van der Waals surface area contributed by atoms with Crippen LogP contribution < -0.4 is 10.6 Å². The molecule has 1 aliphatic carbocycles. The summed E-state index contributed by atoms with van der Waals surface area (Å²) in [7, 11) is 0. The van der Waals surface area contributed by atoms with Gasteiger partial charge in [-0.15, -0.1) is 0 Å². The van der Waals surface area contributed by atoms with Gasteiger partial charge in [-0.3, -0.25) is 14.9 Å². The Bertz CT molecular complexity index is 1170. The van der Waals surface area contributed by atoms with Crippen LogP contribution in [0.3, 0.4) is 0 Å². The minimum atomic E-state index is -1.20. The number of anilines is 1. The Hall–Kier alpha value is -4.24. The molecule has 9 heteroatoms. The monoisotopic (exact) mass is 461 g/mol. The maximum Gasteiger partial charge on any atom is 0.411 e. The average molecular weight is 461 g/mol. The molecule has 0 saturated heterocycles. The molecule has 0 saturated carbocycles. The molecule has 1 unspecified atom stereocenters. The predicted molar refractivity (Wildman–Crippen MR) is 124 cm³/mol. The number of aromatic nitrogens is 1. The second-order valence-corrected chi connectivity index (χ2v) is 7.84. The maximum atomic E-state index is 12.4. The summed E-state index contributed by atoms with van der Waals surface area (Å²) in [5.41, 5.74) is 4.91. The number of nitrogens with zero attached hydrogens (tertiary/aromatic N) is 1. The van der Waals surface area contributed by atoms with Gasteiger partial charge in [-0.2, -0.15) is 0 Å². The number of benzene rings is 2. The van der Waals surface area contributed by atoms with E-state index < -0.39 is 30.5 Å². The van der Waals surface area contributed by atoms with Crippen molar-refractivity contribution in [2.45, 2.75) is 18.4 Å². The van der Waals surface area contributed by atoms with Crippen LogP contribution in [0.15, 0.2) is 66.9 Å². The van der Waals surface area contributed by atoms with E-state index in [2.05, 4.69) is 27.8 Å². The lowest BCUT2D eigenvalue weighted by Crippen LogP contribution is -2.33. The summed E-state index contributed by atoms with van der Waals surface area (Å²) in [5, 5.41) is 23.1. The van der Waals surface area contributed by atoms with Crippen LogP contribution >= 0.6 is 0 Å². The number of carboxylic acids is 1. The van der Waals surface area contributed by atoms with Crippen molar-refractivity contribution >= 4 is 23.7 Å². The van der Waals surface area contributed by atoms with Crippen molar-refractivity contribution in [1.29, 1.82) is 0 Å². The van der Waals surface area contributed by atoms with Crippen molar-refractivity contribution in [1.82, 2.24) is 10.3 Å². The van der Waals surface area contributed by atoms with Crippen LogP contribution in [-0.4, -0.2) is 52.4 Å². The molecule has 0 radical (unpaired) electrons. The third kappa shape index (κ3) is 5.21. The second kappa shape index (κ2) is 10.1. The number of nitrogens with one attached hydrogen (secondary N) is 2. The van der Waals surface area contributed by atoms with E-state index in [-0.39, 0.29) is 24.8 Å². The molecule has 34 heavy (non-hydrogen) atoms. The molecule has 174 valence electrons. The molecule has 2 aromatic carbocycles. The summed E-state index contributed by atoms with van der Waals surface area (Å²) in [6.45, 7) is -0.0426. The van der Waals surface area contributed by atoms with E-state index in [0.29, 0.717) is 5.69 Å². The first-order chi connectivity index (χ1) is 16.4. The highest BCUT2D eigenvalue weighted by Crippen LogP contribution is 2.44. The van der Waals surface area contributed by atoms with E-state index in [1.807, 2.05) is 36.4 Å². The highest BCUT2D eigenvalue weighted by Gasteiger charge is 2.29. The first-order valence-electron chi connectivity index (χ1n) is 10.7. The van der Waals surface area contributed by atoms with Crippen LogP contribution in [0.4, 0.5) is 10.5 Å². The standard InChI is InChI=1S/C25H23N3O6/c29-16(11-23(30)31)13-27-24(32)22-10-9-15(12-26-22)28-25(33)34-14-21-19-7-3-1-5-17(19)18-6-2-4-8-20(18)21/h1-10,12,16,21,29H,11,13-14H2,(H,27,32)(H,28,33)(H,30,31).